The number of aromatic nitrogens is 4. The van der Waals surface area contributed by atoms with Gasteiger partial charge in [0.25, 0.3) is 0 Å². The van der Waals surface area contributed by atoms with E-state index in [1.54, 1.807) is 0 Å². The molecule has 2 heterocycles. The minimum Gasteiger partial charge on any atom is -0.309 e. The molecular weight excluding hydrogens is 669 g/mol. The van der Waals surface area contributed by atoms with E-state index < -0.39 is 0 Å². The summed E-state index contributed by atoms with van der Waals surface area (Å²) in [4.78, 5) is 15.0. The first-order chi connectivity index (χ1) is 26.8. The summed E-state index contributed by atoms with van der Waals surface area (Å²) in [5.41, 5.74) is 17.0. The molecule has 4 nitrogen and oxygen atoms in total. The normalized spacial score (nSPS) is 14.5. The summed E-state index contributed by atoms with van der Waals surface area (Å²) < 4.78 is 2.53. The van der Waals surface area contributed by atoms with Crippen molar-refractivity contribution in [2.75, 3.05) is 0 Å². The molecule has 0 fully saturated rings. The van der Waals surface area contributed by atoms with Gasteiger partial charge in [-0.25, -0.2) is 15.0 Å². The molecule has 0 N–H and O–H groups in total. The molecule has 0 saturated carbocycles. The molecule has 0 atom stereocenters. The summed E-state index contributed by atoms with van der Waals surface area (Å²) in [5.74, 6) is 1.97. The van der Waals surface area contributed by atoms with Crippen molar-refractivity contribution in [3.05, 3.63) is 180 Å². The van der Waals surface area contributed by atoms with E-state index in [0.29, 0.717) is 17.5 Å². The average molecular weight is 707 g/mol. The Morgan fingerprint density at radius 3 is 1.51 bits per heavy atom. The molecule has 0 amide bonds. The monoisotopic (exact) mass is 706 g/mol. The average Bonchev–Trinajstić information content (AvgIpc) is 3.77. The quantitative estimate of drug-likeness (QED) is 0.183. The number of rotatable bonds is 4. The minimum atomic E-state index is -0.182. The zero-order chi connectivity index (χ0) is 37.1. The summed E-state index contributed by atoms with van der Waals surface area (Å²) in [6, 6.07) is 56.7. The van der Waals surface area contributed by atoms with E-state index >= 15 is 0 Å². The molecule has 4 heteroatoms. The van der Waals surface area contributed by atoms with Crippen molar-refractivity contribution in [3.8, 4) is 62.1 Å². The smallest absolute Gasteiger partial charge is 0.164 e. The van der Waals surface area contributed by atoms with Gasteiger partial charge in [0.1, 0.15) is 0 Å². The van der Waals surface area contributed by atoms with Crippen LogP contribution in [0.25, 0.3) is 83.9 Å². The highest BCUT2D eigenvalue weighted by Gasteiger charge is 2.40. The number of hydrogen-bond acceptors (Lipinski definition) is 3. The van der Waals surface area contributed by atoms with Gasteiger partial charge in [0.05, 0.1) is 11.0 Å². The molecule has 55 heavy (non-hydrogen) atoms. The third-order valence-corrected chi connectivity index (χ3v) is 12.2. The summed E-state index contributed by atoms with van der Waals surface area (Å²) in [6.45, 7) is 9.50. The van der Waals surface area contributed by atoms with Gasteiger partial charge in [0, 0.05) is 44.0 Å². The van der Waals surface area contributed by atoms with Crippen LogP contribution in [0, 0.1) is 0 Å². The molecule has 262 valence electrons. The lowest BCUT2D eigenvalue weighted by molar-refractivity contribution is 0.660. The van der Waals surface area contributed by atoms with Gasteiger partial charge in [-0.2, -0.15) is 0 Å². The fraction of sp³-hybridized carbons (Fsp3) is 0.118. The molecule has 2 aliphatic carbocycles. The van der Waals surface area contributed by atoms with E-state index in [1.807, 2.05) is 60.7 Å². The summed E-state index contributed by atoms with van der Waals surface area (Å²) >= 11 is 0. The van der Waals surface area contributed by atoms with Crippen molar-refractivity contribution >= 4 is 21.8 Å². The molecule has 0 unspecified atom stereocenters. The van der Waals surface area contributed by atoms with Crippen LogP contribution in [0.4, 0.5) is 0 Å². The van der Waals surface area contributed by atoms with E-state index in [1.165, 1.54) is 66.3 Å². The second-order valence-corrected chi connectivity index (χ2v) is 16.1. The number of nitrogens with zero attached hydrogens (tertiary/aromatic N) is 4. The van der Waals surface area contributed by atoms with E-state index in [0.717, 1.165) is 22.4 Å². The molecule has 0 bridgehead atoms. The molecule has 9 aromatic rings. The van der Waals surface area contributed by atoms with Crippen molar-refractivity contribution in [2.24, 2.45) is 0 Å². The highest BCUT2D eigenvalue weighted by molar-refractivity contribution is 6.15. The second kappa shape index (κ2) is 11.4. The standard InChI is InChI=1S/C51H38N4/c1-50(2)41-21-13-12-20-36(41)39-29-40-38-28-27-37-35-19-11-14-22-42(35)51(3,4)45(37)46(38)55(44(40)30-43(39)50)34-25-23-33(24-26-34)49-53-47(31-15-7-5-8-16-31)52-48(54-49)32-17-9-6-10-18-32/h5-30H,1-4H3. The third kappa shape index (κ3) is 4.55. The molecule has 2 aromatic heterocycles. The molecule has 0 spiro atoms. The van der Waals surface area contributed by atoms with Crippen LogP contribution in [-0.4, -0.2) is 19.5 Å². The highest BCUT2D eigenvalue weighted by atomic mass is 15.0. The molecule has 0 saturated heterocycles. The van der Waals surface area contributed by atoms with Gasteiger partial charge in [0.15, 0.2) is 17.5 Å². The Morgan fingerprint density at radius 1 is 0.400 bits per heavy atom. The lowest BCUT2D eigenvalue weighted by Crippen LogP contribution is -2.16. The minimum absolute atomic E-state index is 0.117. The third-order valence-electron chi connectivity index (χ3n) is 12.2. The van der Waals surface area contributed by atoms with Crippen molar-refractivity contribution in [1.82, 2.24) is 19.5 Å². The van der Waals surface area contributed by atoms with Crippen molar-refractivity contribution in [1.29, 1.82) is 0 Å². The van der Waals surface area contributed by atoms with Gasteiger partial charge in [-0.1, -0.05) is 149 Å². The van der Waals surface area contributed by atoms with E-state index in [4.69, 9.17) is 15.0 Å². The van der Waals surface area contributed by atoms with Crippen LogP contribution in [0.5, 0.6) is 0 Å². The van der Waals surface area contributed by atoms with Gasteiger partial charge in [0.2, 0.25) is 0 Å². The predicted octanol–water partition coefficient (Wildman–Crippen LogP) is 12.6. The molecule has 7 aromatic carbocycles. The summed E-state index contributed by atoms with van der Waals surface area (Å²) in [7, 11) is 0. The van der Waals surface area contributed by atoms with Crippen LogP contribution in [0.15, 0.2) is 158 Å². The Balaban J connectivity index is 1.15. The molecule has 11 rings (SSSR count). The molecule has 0 radical (unpaired) electrons. The first kappa shape index (κ1) is 31.8. The largest absolute Gasteiger partial charge is 0.309 e. The Labute approximate surface area is 320 Å². The lowest BCUT2D eigenvalue weighted by Gasteiger charge is -2.24. The highest BCUT2D eigenvalue weighted by Crippen LogP contribution is 2.55. The van der Waals surface area contributed by atoms with Gasteiger partial charge in [-0.3, -0.25) is 0 Å². The van der Waals surface area contributed by atoms with Crippen LogP contribution >= 0.6 is 0 Å². The first-order valence-electron chi connectivity index (χ1n) is 19.1. The summed E-state index contributed by atoms with van der Waals surface area (Å²) in [5, 5.41) is 2.55. The van der Waals surface area contributed by atoms with Crippen LogP contribution in [-0.2, 0) is 10.8 Å². The van der Waals surface area contributed by atoms with E-state index in [2.05, 4.69) is 129 Å². The van der Waals surface area contributed by atoms with E-state index in [9.17, 15) is 0 Å². The van der Waals surface area contributed by atoms with Crippen molar-refractivity contribution < 1.29 is 0 Å². The Hall–Kier alpha value is -6.65. The molecule has 2 aliphatic rings. The summed E-state index contributed by atoms with van der Waals surface area (Å²) in [6.07, 6.45) is 0. The maximum absolute atomic E-state index is 5.03. The fourth-order valence-electron chi connectivity index (χ4n) is 9.52. The van der Waals surface area contributed by atoms with Crippen LogP contribution in [0.3, 0.4) is 0 Å². The van der Waals surface area contributed by atoms with Crippen LogP contribution < -0.4 is 0 Å². The number of fused-ring (bicyclic) bond motifs is 10. The fourth-order valence-corrected chi connectivity index (χ4v) is 9.52. The van der Waals surface area contributed by atoms with Crippen molar-refractivity contribution in [3.63, 3.8) is 0 Å². The maximum atomic E-state index is 5.03. The molecular formula is C51H38N4. The number of benzene rings is 7. The first-order valence-corrected chi connectivity index (χ1v) is 19.1. The van der Waals surface area contributed by atoms with Gasteiger partial charge >= 0.3 is 0 Å². The second-order valence-electron chi connectivity index (χ2n) is 16.1. The molecule has 0 aliphatic heterocycles. The Bertz CT molecular complexity index is 2950. The number of hydrogen-bond donors (Lipinski definition) is 0. The maximum Gasteiger partial charge on any atom is 0.164 e. The van der Waals surface area contributed by atoms with Crippen LogP contribution in [0.1, 0.15) is 49.9 Å². The van der Waals surface area contributed by atoms with Gasteiger partial charge in [-0.15, -0.1) is 0 Å². The Kier molecular flexibility index (Phi) is 6.61. The predicted molar refractivity (Wildman–Crippen MR) is 226 cm³/mol. The lowest BCUT2D eigenvalue weighted by atomic mass is 9.81. The Morgan fingerprint density at radius 2 is 0.909 bits per heavy atom. The SMILES string of the molecule is CC1(C)c2ccccc2-c2cc3c4ccc5c(c4n(-c4ccc(-c6nc(-c7ccccc7)nc(-c7ccccc7)n6)cc4)c3cc21)C(C)(C)c1ccccc1-5. The van der Waals surface area contributed by atoms with Crippen molar-refractivity contribution in [2.45, 2.75) is 38.5 Å². The topological polar surface area (TPSA) is 43.6 Å². The van der Waals surface area contributed by atoms with Gasteiger partial charge in [-0.05, 0) is 80.9 Å². The van der Waals surface area contributed by atoms with E-state index in [-0.39, 0.29) is 10.8 Å². The zero-order valence-electron chi connectivity index (χ0n) is 31.3. The van der Waals surface area contributed by atoms with Gasteiger partial charge < -0.3 is 4.57 Å². The van der Waals surface area contributed by atoms with Crippen LogP contribution in [0.2, 0.25) is 0 Å². The zero-order valence-corrected chi connectivity index (χ0v) is 31.3.